The van der Waals surface area contributed by atoms with E-state index in [1.54, 1.807) is 4.68 Å². The van der Waals surface area contributed by atoms with E-state index in [-0.39, 0.29) is 17.8 Å². The highest BCUT2D eigenvalue weighted by atomic mass is 16.5. The lowest BCUT2D eigenvalue weighted by Crippen LogP contribution is -2.10. The average molecular weight is 327 g/mol. The van der Waals surface area contributed by atoms with Crippen LogP contribution in [0, 0.1) is 19.8 Å². The van der Waals surface area contributed by atoms with E-state index >= 15 is 0 Å². The molecule has 0 radical (unpaired) electrons. The fraction of sp³-hybridized carbons (Fsp3) is 0.588. The maximum Gasteiger partial charge on any atom is 0.309 e. The second-order valence-corrected chi connectivity index (χ2v) is 6.60. The van der Waals surface area contributed by atoms with E-state index in [4.69, 9.17) is 9.72 Å². The van der Waals surface area contributed by atoms with Gasteiger partial charge in [-0.3, -0.25) is 4.79 Å². The van der Waals surface area contributed by atoms with Crippen molar-refractivity contribution >= 4 is 5.97 Å². The molecule has 2 aliphatic rings. The molecule has 24 heavy (non-hydrogen) atoms. The lowest BCUT2D eigenvalue weighted by atomic mass is 10.2. The number of hydrogen-bond acceptors (Lipinski definition) is 6. The first-order valence-corrected chi connectivity index (χ1v) is 8.53. The summed E-state index contributed by atoms with van der Waals surface area (Å²) in [7, 11) is 0. The minimum Gasteiger partial charge on any atom is -0.466 e. The first-order valence-electron chi connectivity index (χ1n) is 8.53. The third-order valence-electron chi connectivity index (χ3n) is 4.54. The third kappa shape index (κ3) is 2.79. The van der Waals surface area contributed by atoms with E-state index < -0.39 is 0 Å². The van der Waals surface area contributed by atoms with Gasteiger partial charge < -0.3 is 4.74 Å². The van der Waals surface area contributed by atoms with Crippen molar-refractivity contribution in [1.82, 2.24) is 24.7 Å². The van der Waals surface area contributed by atoms with Gasteiger partial charge in [0.05, 0.1) is 18.2 Å². The lowest BCUT2D eigenvalue weighted by molar-refractivity contribution is -0.144. The molecule has 0 saturated heterocycles. The van der Waals surface area contributed by atoms with Crippen molar-refractivity contribution in [2.45, 2.75) is 51.9 Å². The summed E-state index contributed by atoms with van der Waals surface area (Å²) < 4.78 is 6.89. The molecule has 2 aromatic rings. The van der Waals surface area contributed by atoms with Crippen molar-refractivity contribution in [3.05, 3.63) is 29.2 Å². The standard InChI is InChI=1S/C17H21N5O2/c1-4-24-17(23)13-7-12(13)14-8-15(20-16(19-14)11-5-6-11)22-10(3)18-9(2)21-22/h8,11-13H,4-7H2,1-3H3/t12-,13-/m0/s1. The van der Waals surface area contributed by atoms with Crippen LogP contribution in [0.4, 0.5) is 0 Å². The molecule has 126 valence electrons. The number of esters is 1. The molecule has 2 aromatic heterocycles. The number of aryl methyl sites for hydroxylation is 2. The summed E-state index contributed by atoms with van der Waals surface area (Å²) in [6.45, 7) is 6.03. The Balaban J connectivity index is 1.68. The van der Waals surface area contributed by atoms with E-state index in [0.29, 0.717) is 12.5 Å². The predicted molar refractivity (Wildman–Crippen MR) is 85.9 cm³/mol. The topological polar surface area (TPSA) is 82.8 Å². The van der Waals surface area contributed by atoms with Gasteiger partial charge in [-0.25, -0.2) is 15.0 Å². The zero-order chi connectivity index (χ0) is 16.8. The SMILES string of the molecule is CCOC(=O)[C@H]1C[C@@H]1c1cc(-n2nc(C)nc2C)nc(C2CC2)n1. The van der Waals surface area contributed by atoms with Crippen molar-refractivity contribution in [1.29, 1.82) is 0 Å². The van der Waals surface area contributed by atoms with Crippen molar-refractivity contribution in [3.63, 3.8) is 0 Å². The molecule has 0 aromatic carbocycles. The van der Waals surface area contributed by atoms with Gasteiger partial charge in [0, 0.05) is 17.9 Å². The summed E-state index contributed by atoms with van der Waals surface area (Å²) in [5.41, 5.74) is 0.924. The number of ether oxygens (including phenoxy) is 1. The first kappa shape index (κ1) is 15.2. The minimum atomic E-state index is -0.122. The van der Waals surface area contributed by atoms with E-state index in [0.717, 1.165) is 48.2 Å². The number of rotatable bonds is 5. The summed E-state index contributed by atoms with van der Waals surface area (Å²) in [5.74, 6) is 3.51. The molecule has 0 N–H and O–H groups in total. The lowest BCUT2D eigenvalue weighted by Gasteiger charge is -2.08. The molecule has 0 bridgehead atoms. The summed E-state index contributed by atoms with van der Waals surface area (Å²) >= 11 is 0. The highest BCUT2D eigenvalue weighted by Gasteiger charge is 2.47. The molecule has 7 nitrogen and oxygen atoms in total. The molecule has 0 unspecified atom stereocenters. The van der Waals surface area contributed by atoms with Crippen LogP contribution >= 0.6 is 0 Å². The monoisotopic (exact) mass is 327 g/mol. The second-order valence-electron chi connectivity index (χ2n) is 6.60. The van der Waals surface area contributed by atoms with Crippen LogP contribution < -0.4 is 0 Å². The van der Waals surface area contributed by atoms with Gasteiger partial charge in [-0.05, 0) is 40.0 Å². The Morgan fingerprint density at radius 2 is 2.08 bits per heavy atom. The number of carbonyl (C=O) groups excluding carboxylic acids is 1. The summed E-state index contributed by atoms with van der Waals surface area (Å²) in [5, 5.41) is 4.43. The zero-order valence-corrected chi connectivity index (χ0v) is 14.2. The van der Waals surface area contributed by atoms with Crippen molar-refractivity contribution in [2.75, 3.05) is 6.61 Å². The normalized spacial score (nSPS) is 22.5. The Hall–Kier alpha value is -2.31. The Bertz CT molecular complexity index is 796. The van der Waals surface area contributed by atoms with E-state index in [1.807, 2.05) is 26.8 Å². The number of carbonyl (C=O) groups is 1. The van der Waals surface area contributed by atoms with Crippen LogP contribution in [-0.2, 0) is 9.53 Å². The molecule has 0 spiro atoms. The molecule has 2 fully saturated rings. The maximum atomic E-state index is 11.9. The van der Waals surface area contributed by atoms with Gasteiger partial charge in [-0.2, -0.15) is 4.68 Å². The fourth-order valence-electron chi connectivity index (χ4n) is 3.06. The van der Waals surface area contributed by atoms with Gasteiger partial charge >= 0.3 is 5.97 Å². The number of aromatic nitrogens is 5. The second kappa shape index (κ2) is 5.65. The molecule has 4 rings (SSSR count). The Kier molecular flexibility index (Phi) is 3.58. The average Bonchev–Trinajstić information content (AvgIpc) is 3.45. The third-order valence-corrected chi connectivity index (χ3v) is 4.54. The largest absolute Gasteiger partial charge is 0.466 e. The van der Waals surface area contributed by atoms with Crippen LogP contribution in [0.5, 0.6) is 0 Å². The molecular weight excluding hydrogens is 306 g/mol. The Morgan fingerprint density at radius 1 is 1.29 bits per heavy atom. The Labute approximate surface area is 140 Å². The molecule has 2 atom stereocenters. The smallest absolute Gasteiger partial charge is 0.309 e. The molecule has 0 amide bonds. The van der Waals surface area contributed by atoms with Gasteiger partial charge in [-0.15, -0.1) is 5.10 Å². The maximum absolute atomic E-state index is 11.9. The highest BCUT2D eigenvalue weighted by Crippen LogP contribution is 2.48. The van der Waals surface area contributed by atoms with Crippen molar-refractivity contribution < 1.29 is 9.53 Å². The van der Waals surface area contributed by atoms with Gasteiger partial charge in [-0.1, -0.05) is 0 Å². The predicted octanol–water partition coefficient (Wildman–Crippen LogP) is 2.22. The summed E-state index contributed by atoms with van der Waals surface area (Å²) in [4.78, 5) is 25.7. The molecule has 2 saturated carbocycles. The number of nitrogens with zero attached hydrogens (tertiary/aromatic N) is 5. The van der Waals surface area contributed by atoms with Crippen LogP contribution in [0.1, 0.15) is 61.2 Å². The van der Waals surface area contributed by atoms with Gasteiger partial charge in [0.1, 0.15) is 17.5 Å². The van der Waals surface area contributed by atoms with E-state index in [1.165, 1.54) is 0 Å². The highest BCUT2D eigenvalue weighted by molar-refractivity contribution is 5.77. The number of hydrogen-bond donors (Lipinski definition) is 0. The Morgan fingerprint density at radius 3 is 2.71 bits per heavy atom. The van der Waals surface area contributed by atoms with Crippen molar-refractivity contribution in [3.8, 4) is 5.82 Å². The molecule has 0 aliphatic heterocycles. The molecule has 2 aliphatic carbocycles. The van der Waals surface area contributed by atoms with Crippen LogP contribution in [0.3, 0.4) is 0 Å². The minimum absolute atomic E-state index is 0.0710. The zero-order valence-electron chi connectivity index (χ0n) is 14.2. The van der Waals surface area contributed by atoms with Crippen molar-refractivity contribution in [2.24, 2.45) is 5.92 Å². The van der Waals surface area contributed by atoms with Crippen LogP contribution in [0.15, 0.2) is 6.07 Å². The van der Waals surface area contributed by atoms with Crippen LogP contribution in [-0.4, -0.2) is 37.3 Å². The van der Waals surface area contributed by atoms with Crippen LogP contribution in [0.25, 0.3) is 5.82 Å². The molecular formula is C17H21N5O2. The summed E-state index contributed by atoms with van der Waals surface area (Å²) in [6.07, 6.45) is 3.06. The summed E-state index contributed by atoms with van der Waals surface area (Å²) in [6, 6.07) is 1.94. The molecule has 2 heterocycles. The fourth-order valence-corrected chi connectivity index (χ4v) is 3.06. The van der Waals surface area contributed by atoms with Gasteiger partial charge in [0.25, 0.3) is 0 Å². The van der Waals surface area contributed by atoms with Gasteiger partial charge in [0.2, 0.25) is 0 Å². The quantitative estimate of drug-likeness (QED) is 0.783. The van der Waals surface area contributed by atoms with E-state index in [9.17, 15) is 4.79 Å². The van der Waals surface area contributed by atoms with Gasteiger partial charge in [0.15, 0.2) is 5.82 Å². The molecule has 7 heteroatoms. The van der Waals surface area contributed by atoms with E-state index in [2.05, 4.69) is 15.1 Å². The first-order chi connectivity index (χ1) is 11.6. The van der Waals surface area contributed by atoms with Crippen LogP contribution in [0.2, 0.25) is 0 Å².